The van der Waals surface area contributed by atoms with Crippen LogP contribution in [0.1, 0.15) is 40.9 Å². The van der Waals surface area contributed by atoms with Crippen LogP contribution in [-0.4, -0.2) is 26.4 Å². The van der Waals surface area contributed by atoms with Crippen molar-refractivity contribution in [3.8, 4) is 10.6 Å². The molecule has 6 heteroatoms. The van der Waals surface area contributed by atoms with Crippen LogP contribution in [0, 0.1) is 6.92 Å². The van der Waals surface area contributed by atoms with Gasteiger partial charge in [-0.25, -0.2) is 9.97 Å². The van der Waals surface area contributed by atoms with E-state index in [1.165, 1.54) is 16.0 Å². The van der Waals surface area contributed by atoms with E-state index in [1.807, 2.05) is 6.20 Å². The number of aromatic amines is 1. The summed E-state index contributed by atoms with van der Waals surface area (Å²) in [5.74, 6) is 0.819. The molecule has 1 N–H and O–H groups in total. The van der Waals surface area contributed by atoms with Gasteiger partial charge in [0, 0.05) is 49.1 Å². The van der Waals surface area contributed by atoms with E-state index in [0.717, 1.165) is 54.4 Å². The first-order chi connectivity index (χ1) is 13.1. The van der Waals surface area contributed by atoms with Gasteiger partial charge in [-0.3, -0.25) is 9.69 Å². The van der Waals surface area contributed by atoms with Crippen LogP contribution < -0.4 is 5.56 Å². The number of hydrogen-bond acceptors (Lipinski definition) is 5. The van der Waals surface area contributed by atoms with Crippen LogP contribution in [0.15, 0.2) is 35.3 Å². The highest BCUT2D eigenvalue weighted by Crippen LogP contribution is 2.29. The lowest BCUT2D eigenvalue weighted by atomic mass is 10.1. The predicted molar refractivity (Wildman–Crippen MR) is 109 cm³/mol. The second-order valence-corrected chi connectivity index (χ2v) is 8.21. The Morgan fingerprint density at radius 2 is 2.15 bits per heavy atom. The van der Waals surface area contributed by atoms with Crippen molar-refractivity contribution < 1.29 is 0 Å². The number of H-pyrrole nitrogens is 1. The zero-order valence-electron chi connectivity index (χ0n) is 15.8. The monoisotopic (exact) mass is 380 g/mol. The van der Waals surface area contributed by atoms with Crippen molar-refractivity contribution in [2.45, 2.75) is 46.2 Å². The zero-order chi connectivity index (χ0) is 18.8. The van der Waals surface area contributed by atoms with Gasteiger partial charge in [0.05, 0.1) is 11.3 Å². The van der Waals surface area contributed by atoms with Gasteiger partial charge in [-0.1, -0.05) is 31.2 Å². The van der Waals surface area contributed by atoms with E-state index in [4.69, 9.17) is 0 Å². The lowest BCUT2D eigenvalue weighted by Crippen LogP contribution is -2.35. The van der Waals surface area contributed by atoms with Crippen LogP contribution in [0.3, 0.4) is 0 Å². The summed E-state index contributed by atoms with van der Waals surface area (Å²) in [6, 6.07) is 8.34. The highest BCUT2D eigenvalue weighted by atomic mass is 32.1. The topological polar surface area (TPSA) is 61.9 Å². The quantitative estimate of drug-likeness (QED) is 0.733. The summed E-state index contributed by atoms with van der Waals surface area (Å²) in [6.07, 6.45) is 4.62. The summed E-state index contributed by atoms with van der Waals surface area (Å²) < 4.78 is 0. The molecule has 0 atom stereocenters. The fourth-order valence-corrected chi connectivity index (χ4v) is 4.61. The average Bonchev–Trinajstić information content (AvgIpc) is 3.11. The zero-order valence-corrected chi connectivity index (χ0v) is 16.6. The predicted octanol–water partition coefficient (Wildman–Crippen LogP) is 3.71. The van der Waals surface area contributed by atoms with Crippen LogP contribution in [0.5, 0.6) is 0 Å². The molecule has 3 aromatic rings. The van der Waals surface area contributed by atoms with E-state index >= 15 is 0 Å². The molecule has 1 aliphatic rings. The molecule has 1 aromatic carbocycles. The smallest absolute Gasteiger partial charge is 0.255 e. The number of hydrogen-bond donors (Lipinski definition) is 1. The summed E-state index contributed by atoms with van der Waals surface area (Å²) in [6.45, 7) is 6.61. The van der Waals surface area contributed by atoms with Crippen molar-refractivity contribution >= 4 is 11.3 Å². The van der Waals surface area contributed by atoms with Gasteiger partial charge in [-0.15, -0.1) is 11.3 Å². The maximum absolute atomic E-state index is 12.5. The third kappa shape index (κ3) is 3.87. The first-order valence-corrected chi connectivity index (χ1v) is 10.3. The summed E-state index contributed by atoms with van der Waals surface area (Å²) in [5, 5.41) is 1.06. The Morgan fingerprint density at radius 1 is 1.30 bits per heavy atom. The Labute approximate surface area is 163 Å². The minimum absolute atomic E-state index is 0.0260. The van der Waals surface area contributed by atoms with Crippen LogP contribution in [0.4, 0.5) is 0 Å². The maximum atomic E-state index is 12.5. The van der Waals surface area contributed by atoms with Crippen LogP contribution in [0.25, 0.3) is 10.6 Å². The fourth-order valence-electron chi connectivity index (χ4n) is 3.56. The van der Waals surface area contributed by atoms with E-state index in [0.29, 0.717) is 6.54 Å². The fraction of sp³-hybridized carbons (Fsp3) is 0.381. The van der Waals surface area contributed by atoms with Gasteiger partial charge in [-0.2, -0.15) is 0 Å². The Bertz CT molecular complexity index is 1010. The molecule has 0 bridgehead atoms. The Kier molecular flexibility index (Phi) is 5.18. The molecule has 140 valence electrons. The third-order valence-electron chi connectivity index (χ3n) is 4.99. The van der Waals surface area contributed by atoms with Crippen LogP contribution >= 0.6 is 11.3 Å². The molecule has 0 unspecified atom stereocenters. The van der Waals surface area contributed by atoms with Crippen LogP contribution in [0.2, 0.25) is 0 Å². The van der Waals surface area contributed by atoms with Gasteiger partial charge < -0.3 is 4.98 Å². The molecule has 2 aromatic heterocycles. The summed E-state index contributed by atoms with van der Waals surface area (Å²) in [7, 11) is 0. The summed E-state index contributed by atoms with van der Waals surface area (Å²) in [4.78, 5) is 28.2. The van der Waals surface area contributed by atoms with Crippen LogP contribution in [-0.2, 0) is 25.9 Å². The number of rotatable bonds is 5. The third-order valence-corrected chi connectivity index (χ3v) is 6.01. The minimum atomic E-state index is 0.0260. The normalized spacial score (nSPS) is 14.3. The van der Waals surface area contributed by atoms with E-state index < -0.39 is 0 Å². The summed E-state index contributed by atoms with van der Waals surface area (Å²) in [5.41, 5.74) is 4.26. The van der Waals surface area contributed by atoms with Crippen molar-refractivity contribution in [1.82, 2.24) is 19.9 Å². The van der Waals surface area contributed by atoms with Gasteiger partial charge in [0.1, 0.15) is 10.8 Å². The number of nitrogens with zero attached hydrogens (tertiary/aromatic N) is 3. The van der Waals surface area contributed by atoms with Gasteiger partial charge in [-0.05, 0) is 18.9 Å². The molecule has 0 aliphatic carbocycles. The Hall–Kier alpha value is -2.31. The highest BCUT2D eigenvalue weighted by molar-refractivity contribution is 7.15. The number of benzene rings is 1. The highest BCUT2D eigenvalue weighted by Gasteiger charge is 2.22. The lowest BCUT2D eigenvalue weighted by molar-refractivity contribution is 0.243. The first kappa shape index (κ1) is 18.1. The molecule has 0 fully saturated rings. The molecular formula is C21H24N4OS. The molecule has 0 amide bonds. The Balaban J connectivity index is 1.50. The number of fused-ring (bicyclic) bond motifs is 1. The van der Waals surface area contributed by atoms with E-state index in [1.54, 1.807) is 11.3 Å². The molecule has 27 heavy (non-hydrogen) atoms. The van der Waals surface area contributed by atoms with Crippen molar-refractivity contribution in [3.63, 3.8) is 0 Å². The van der Waals surface area contributed by atoms with Gasteiger partial charge >= 0.3 is 0 Å². The molecule has 0 saturated carbocycles. The number of aromatic nitrogens is 3. The summed E-state index contributed by atoms with van der Waals surface area (Å²) >= 11 is 1.73. The van der Waals surface area contributed by atoms with Gasteiger partial charge in [0.15, 0.2) is 0 Å². The van der Waals surface area contributed by atoms with Crippen molar-refractivity contribution in [2.24, 2.45) is 0 Å². The standard InChI is InChI=1S/C21H24N4OS/c1-3-6-19-23-18-9-10-25(13-17(18)20(26)24-19)12-15-11-22-21(27-15)16-8-5-4-7-14(16)2/h4-5,7-8,11H,3,6,9-10,12-13H2,1-2H3,(H,23,24,26). The second-order valence-electron chi connectivity index (χ2n) is 7.10. The van der Waals surface area contributed by atoms with E-state index in [-0.39, 0.29) is 5.56 Å². The second kappa shape index (κ2) is 7.74. The number of thiazole rings is 1. The largest absolute Gasteiger partial charge is 0.310 e. The van der Waals surface area contributed by atoms with Gasteiger partial charge in [0.25, 0.3) is 5.56 Å². The molecule has 0 saturated heterocycles. The van der Waals surface area contributed by atoms with Gasteiger partial charge in [0.2, 0.25) is 0 Å². The van der Waals surface area contributed by atoms with E-state index in [2.05, 4.69) is 58.0 Å². The van der Waals surface area contributed by atoms with Crippen molar-refractivity contribution in [2.75, 3.05) is 6.54 Å². The molecule has 0 radical (unpaired) electrons. The molecule has 1 aliphatic heterocycles. The molecule has 5 nitrogen and oxygen atoms in total. The Morgan fingerprint density at radius 3 is 2.96 bits per heavy atom. The lowest BCUT2D eigenvalue weighted by Gasteiger charge is -2.27. The molecule has 0 spiro atoms. The SMILES string of the molecule is CCCc1nc2c(c(=O)[nH]1)CN(Cc1cnc(-c3ccccc3C)s1)CC2. The molecule has 4 rings (SSSR count). The average molecular weight is 381 g/mol. The first-order valence-electron chi connectivity index (χ1n) is 9.48. The van der Waals surface area contributed by atoms with E-state index in [9.17, 15) is 4.79 Å². The van der Waals surface area contributed by atoms with Crippen molar-refractivity contribution in [1.29, 1.82) is 0 Å². The minimum Gasteiger partial charge on any atom is -0.310 e. The van der Waals surface area contributed by atoms with Crippen molar-refractivity contribution in [3.05, 3.63) is 68.3 Å². The molecule has 3 heterocycles. The molecular weight excluding hydrogens is 356 g/mol. The number of nitrogens with one attached hydrogen (secondary N) is 1. The number of aryl methyl sites for hydroxylation is 2. The maximum Gasteiger partial charge on any atom is 0.255 e.